The van der Waals surface area contributed by atoms with Crippen LogP contribution >= 0.6 is 0 Å². The Labute approximate surface area is 151 Å². The zero-order valence-corrected chi connectivity index (χ0v) is 14.0. The van der Waals surface area contributed by atoms with E-state index in [2.05, 4.69) is 4.98 Å². The number of hydrogen-bond acceptors (Lipinski definition) is 1. The van der Waals surface area contributed by atoms with Gasteiger partial charge in [0.05, 0.1) is 17.0 Å². The van der Waals surface area contributed by atoms with Crippen molar-refractivity contribution in [2.45, 2.75) is 0 Å². The minimum atomic E-state index is -0.943. The maximum absolute atomic E-state index is 12.2. The van der Waals surface area contributed by atoms with Crippen LogP contribution in [0.15, 0.2) is 91.0 Å². The number of hydrogen-bond donors (Lipinski definition) is 2. The summed E-state index contributed by atoms with van der Waals surface area (Å²) in [6.07, 6.45) is 0. The van der Waals surface area contributed by atoms with Crippen molar-refractivity contribution in [2.24, 2.45) is 0 Å². The summed E-state index contributed by atoms with van der Waals surface area (Å²) in [6.45, 7) is 0. The van der Waals surface area contributed by atoms with Crippen molar-refractivity contribution in [1.29, 1.82) is 0 Å². The predicted molar refractivity (Wildman–Crippen MR) is 104 cm³/mol. The molecule has 1 heterocycles. The number of aromatic carboxylic acids is 1. The van der Waals surface area contributed by atoms with Gasteiger partial charge < -0.3 is 10.1 Å². The predicted octanol–water partition coefficient (Wildman–Crippen LogP) is 5.71. The van der Waals surface area contributed by atoms with Crippen molar-refractivity contribution in [1.82, 2.24) is 4.98 Å². The molecule has 2 N–H and O–H groups in total. The molecule has 3 heteroatoms. The van der Waals surface area contributed by atoms with Gasteiger partial charge in [-0.1, -0.05) is 91.0 Å². The first-order chi connectivity index (χ1) is 12.8. The van der Waals surface area contributed by atoms with Crippen molar-refractivity contribution in [2.75, 3.05) is 0 Å². The van der Waals surface area contributed by atoms with Gasteiger partial charge in [0.25, 0.3) is 0 Å². The van der Waals surface area contributed by atoms with Gasteiger partial charge in [-0.25, -0.2) is 4.79 Å². The molecule has 4 aromatic rings. The smallest absolute Gasteiger partial charge is 0.338 e. The van der Waals surface area contributed by atoms with Gasteiger partial charge in [-0.2, -0.15) is 0 Å². The standard InChI is InChI=1S/C23H17NO2/c25-23(26)20-19(16-10-4-1-5-11-16)21(17-12-6-2-7-13-17)24-22(20)18-14-8-3-9-15-18/h1-15,24H,(H,25,26). The Morgan fingerprint density at radius 2 is 1.04 bits per heavy atom. The number of carbonyl (C=O) groups is 1. The SMILES string of the molecule is O=C(O)c1c(-c2ccccc2)[nH]c(-c2ccccc2)c1-c1ccccc1. The Bertz CT molecular complexity index is 1040. The number of carboxylic acid groups (broad SMARTS) is 1. The molecule has 26 heavy (non-hydrogen) atoms. The lowest BCUT2D eigenvalue weighted by molar-refractivity contribution is 0.0699. The fourth-order valence-corrected chi connectivity index (χ4v) is 3.25. The van der Waals surface area contributed by atoms with E-state index < -0.39 is 5.97 Å². The topological polar surface area (TPSA) is 53.1 Å². The minimum Gasteiger partial charge on any atom is -0.478 e. The number of rotatable bonds is 4. The number of carboxylic acids is 1. The molecule has 0 saturated carbocycles. The molecule has 0 aliphatic heterocycles. The number of aromatic amines is 1. The van der Waals surface area contributed by atoms with Gasteiger partial charge in [0.2, 0.25) is 0 Å². The van der Waals surface area contributed by atoms with Gasteiger partial charge in [0.15, 0.2) is 0 Å². The maximum Gasteiger partial charge on any atom is 0.338 e. The van der Waals surface area contributed by atoms with Gasteiger partial charge in [-0.05, 0) is 16.7 Å². The second-order valence-corrected chi connectivity index (χ2v) is 6.03. The quantitative estimate of drug-likeness (QED) is 0.500. The highest BCUT2D eigenvalue weighted by molar-refractivity contribution is 6.07. The lowest BCUT2D eigenvalue weighted by Gasteiger charge is -2.06. The summed E-state index contributed by atoms with van der Waals surface area (Å²) in [6, 6.07) is 29.1. The molecular weight excluding hydrogens is 322 g/mol. The molecule has 0 aliphatic rings. The average molecular weight is 339 g/mol. The second-order valence-electron chi connectivity index (χ2n) is 6.03. The van der Waals surface area contributed by atoms with Crippen LogP contribution in [0.1, 0.15) is 10.4 Å². The molecule has 0 spiro atoms. The van der Waals surface area contributed by atoms with Crippen LogP contribution in [0.4, 0.5) is 0 Å². The highest BCUT2D eigenvalue weighted by atomic mass is 16.4. The molecule has 0 atom stereocenters. The lowest BCUT2D eigenvalue weighted by atomic mass is 9.96. The van der Waals surface area contributed by atoms with E-state index in [-0.39, 0.29) is 0 Å². The van der Waals surface area contributed by atoms with E-state index in [0.29, 0.717) is 16.8 Å². The van der Waals surface area contributed by atoms with Crippen LogP contribution in [-0.2, 0) is 0 Å². The fraction of sp³-hybridized carbons (Fsp3) is 0. The van der Waals surface area contributed by atoms with Crippen LogP contribution in [0, 0.1) is 0 Å². The van der Waals surface area contributed by atoms with Gasteiger partial charge in [0.1, 0.15) is 0 Å². The third-order valence-electron chi connectivity index (χ3n) is 4.40. The summed E-state index contributed by atoms with van der Waals surface area (Å²) in [4.78, 5) is 15.6. The average Bonchev–Trinajstić information content (AvgIpc) is 3.11. The van der Waals surface area contributed by atoms with Gasteiger partial charge in [-0.3, -0.25) is 0 Å². The molecule has 1 aromatic heterocycles. The Kier molecular flexibility index (Phi) is 4.12. The number of H-pyrrole nitrogens is 1. The zero-order chi connectivity index (χ0) is 17.9. The van der Waals surface area contributed by atoms with Crippen LogP contribution in [0.25, 0.3) is 33.6 Å². The number of benzene rings is 3. The molecular formula is C23H17NO2. The molecule has 126 valence electrons. The Hall–Kier alpha value is -3.59. The molecule has 0 radical (unpaired) electrons. The van der Waals surface area contributed by atoms with E-state index in [0.717, 1.165) is 22.4 Å². The summed E-state index contributed by atoms with van der Waals surface area (Å²) in [5.41, 5.74) is 5.12. The first-order valence-corrected chi connectivity index (χ1v) is 8.41. The monoisotopic (exact) mass is 339 g/mol. The molecule has 3 aromatic carbocycles. The maximum atomic E-state index is 12.2. The Morgan fingerprint density at radius 3 is 1.50 bits per heavy atom. The molecule has 0 fully saturated rings. The fourth-order valence-electron chi connectivity index (χ4n) is 3.25. The largest absolute Gasteiger partial charge is 0.478 e. The molecule has 0 unspecified atom stereocenters. The van der Waals surface area contributed by atoms with Gasteiger partial charge in [-0.15, -0.1) is 0 Å². The van der Waals surface area contributed by atoms with Crippen LogP contribution in [0.5, 0.6) is 0 Å². The number of aromatic nitrogens is 1. The van der Waals surface area contributed by atoms with Crippen LogP contribution in [0.2, 0.25) is 0 Å². The summed E-state index contributed by atoms with van der Waals surface area (Å²) < 4.78 is 0. The molecule has 0 bridgehead atoms. The zero-order valence-electron chi connectivity index (χ0n) is 14.0. The van der Waals surface area contributed by atoms with Crippen molar-refractivity contribution in [3.63, 3.8) is 0 Å². The first-order valence-electron chi connectivity index (χ1n) is 8.41. The third-order valence-corrected chi connectivity index (χ3v) is 4.40. The molecule has 0 amide bonds. The Morgan fingerprint density at radius 1 is 0.615 bits per heavy atom. The number of nitrogens with one attached hydrogen (secondary N) is 1. The second kappa shape index (κ2) is 6.73. The van der Waals surface area contributed by atoms with E-state index >= 15 is 0 Å². The summed E-state index contributed by atoms with van der Waals surface area (Å²) in [5.74, 6) is -0.943. The highest BCUT2D eigenvalue weighted by Crippen LogP contribution is 2.40. The minimum absolute atomic E-state index is 0.293. The highest BCUT2D eigenvalue weighted by Gasteiger charge is 2.25. The van der Waals surface area contributed by atoms with Crippen molar-refractivity contribution >= 4 is 5.97 Å². The van der Waals surface area contributed by atoms with Crippen molar-refractivity contribution in [3.05, 3.63) is 96.6 Å². The molecule has 0 aliphatic carbocycles. The van der Waals surface area contributed by atoms with E-state index in [9.17, 15) is 9.90 Å². The van der Waals surface area contributed by atoms with E-state index in [1.165, 1.54) is 0 Å². The summed E-state index contributed by atoms with van der Waals surface area (Å²) in [5, 5.41) is 10.0. The molecule has 3 nitrogen and oxygen atoms in total. The van der Waals surface area contributed by atoms with Crippen molar-refractivity contribution < 1.29 is 9.90 Å². The first kappa shape index (κ1) is 15.9. The molecule has 4 rings (SSSR count). The van der Waals surface area contributed by atoms with E-state index in [4.69, 9.17) is 0 Å². The van der Waals surface area contributed by atoms with Crippen LogP contribution < -0.4 is 0 Å². The van der Waals surface area contributed by atoms with E-state index in [1.807, 2.05) is 91.0 Å². The van der Waals surface area contributed by atoms with Gasteiger partial charge >= 0.3 is 5.97 Å². The Balaban J connectivity index is 2.07. The van der Waals surface area contributed by atoms with E-state index in [1.54, 1.807) is 0 Å². The van der Waals surface area contributed by atoms with Crippen LogP contribution in [-0.4, -0.2) is 16.1 Å². The lowest BCUT2D eigenvalue weighted by Crippen LogP contribution is -1.99. The third kappa shape index (κ3) is 2.80. The molecule has 0 saturated heterocycles. The van der Waals surface area contributed by atoms with Crippen molar-refractivity contribution in [3.8, 4) is 33.6 Å². The van der Waals surface area contributed by atoms with Gasteiger partial charge in [0, 0.05) is 5.56 Å². The summed E-state index contributed by atoms with van der Waals surface area (Å²) in [7, 11) is 0. The normalized spacial score (nSPS) is 10.6. The summed E-state index contributed by atoms with van der Waals surface area (Å²) >= 11 is 0. The van der Waals surface area contributed by atoms with Crippen LogP contribution in [0.3, 0.4) is 0 Å².